The monoisotopic (exact) mass is 271 g/mol. The minimum Gasteiger partial charge on any atom is -0.465 e. The van der Waals surface area contributed by atoms with Crippen LogP contribution >= 0.6 is 0 Å². The van der Waals surface area contributed by atoms with E-state index in [1.807, 2.05) is 0 Å². The van der Waals surface area contributed by atoms with Crippen molar-refractivity contribution in [1.82, 2.24) is 4.90 Å². The molecule has 1 fully saturated rings. The SMILES string of the molecule is CCOC(=O)CN(C(=O)C(F)(F)C(F)F)C1CC1. The van der Waals surface area contributed by atoms with Gasteiger partial charge < -0.3 is 9.64 Å². The number of carbonyl (C=O) groups excluding carboxylic acids is 2. The number of halogens is 4. The van der Waals surface area contributed by atoms with E-state index in [1.165, 1.54) is 6.92 Å². The molecule has 0 N–H and O–H groups in total. The van der Waals surface area contributed by atoms with Crippen LogP contribution in [-0.2, 0) is 14.3 Å². The van der Waals surface area contributed by atoms with Crippen molar-refractivity contribution in [2.75, 3.05) is 13.2 Å². The Morgan fingerprint density at radius 2 is 1.94 bits per heavy atom. The lowest BCUT2D eigenvalue weighted by Gasteiger charge is -2.25. The highest BCUT2D eigenvalue weighted by molar-refractivity contribution is 5.88. The first kappa shape index (κ1) is 14.7. The molecule has 0 aliphatic heterocycles. The van der Waals surface area contributed by atoms with Crippen LogP contribution < -0.4 is 0 Å². The van der Waals surface area contributed by atoms with Crippen LogP contribution in [0.1, 0.15) is 19.8 Å². The van der Waals surface area contributed by atoms with Crippen LogP contribution in [0.15, 0.2) is 0 Å². The molecule has 0 aromatic rings. The van der Waals surface area contributed by atoms with Crippen LogP contribution in [0, 0.1) is 0 Å². The van der Waals surface area contributed by atoms with Gasteiger partial charge in [-0.2, -0.15) is 8.78 Å². The highest BCUT2D eigenvalue weighted by Crippen LogP contribution is 2.32. The van der Waals surface area contributed by atoms with Gasteiger partial charge in [0.1, 0.15) is 6.54 Å². The Balaban J connectivity index is 2.73. The Bertz CT molecular complexity index is 331. The third-order valence-electron chi connectivity index (χ3n) is 2.41. The van der Waals surface area contributed by atoms with Gasteiger partial charge in [0, 0.05) is 6.04 Å². The smallest absolute Gasteiger partial charge is 0.383 e. The van der Waals surface area contributed by atoms with Crippen molar-refractivity contribution in [3.05, 3.63) is 0 Å². The van der Waals surface area contributed by atoms with E-state index in [4.69, 9.17) is 0 Å². The molecule has 8 heteroatoms. The minimum absolute atomic E-state index is 0.0246. The van der Waals surface area contributed by atoms with E-state index in [0.29, 0.717) is 17.7 Å². The molecular formula is C10H13F4NO3. The number of alkyl halides is 4. The van der Waals surface area contributed by atoms with Gasteiger partial charge in [0.15, 0.2) is 0 Å². The lowest BCUT2D eigenvalue weighted by molar-refractivity contribution is -0.183. The summed E-state index contributed by atoms with van der Waals surface area (Å²) in [6.45, 7) is 0.811. The molecule has 0 radical (unpaired) electrons. The number of nitrogens with zero attached hydrogens (tertiary/aromatic N) is 1. The maximum Gasteiger partial charge on any atom is 0.383 e. The average Bonchev–Trinajstić information content (AvgIpc) is 3.08. The number of hydrogen-bond acceptors (Lipinski definition) is 3. The van der Waals surface area contributed by atoms with Gasteiger partial charge in [-0.1, -0.05) is 0 Å². The van der Waals surface area contributed by atoms with Gasteiger partial charge in [0.25, 0.3) is 5.91 Å². The number of carbonyl (C=O) groups is 2. The molecule has 0 unspecified atom stereocenters. The molecule has 0 bridgehead atoms. The maximum atomic E-state index is 12.9. The first-order chi connectivity index (χ1) is 8.30. The average molecular weight is 271 g/mol. The van der Waals surface area contributed by atoms with Crippen molar-refractivity contribution in [2.45, 2.75) is 38.2 Å². The Labute approximate surface area is 101 Å². The lowest BCUT2D eigenvalue weighted by Crippen LogP contribution is -2.50. The van der Waals surface area contributed by atoms with E-state index in [1.54, 1.807) is 0 Å². The van der Waals surface area contributed by atoms with Gasteiger partial charge in [-0.25, -0.2) is 8.78 Å². The number of esters is 1. The van der Waals surface area contributed by atoms with E-state index in [9.17, 15) is 27.2 Å². The van der Waals surface area contributed by atoms with E-state index in [0.717, 1.165) is 0 Å². The first-order valence-corrected chi connectivity index (χ1v) is 5.43. The van der Waals surface area contributed by atoms with Crippen molar-refractivity contribution < 1.29 is 31.9 Å². The normalized spacial score (nSPS) is 15.7. The second kappa shape index (κ2) is 5.53. The summed E-state index contributed by atoms with van der Waals surface area (Å²) >= 11 is 0. The molecule has 4 nitrogen and oxygen atoms in total. The van der Waals surface area contributed by atoms with Crippen molar-refractivity contribution in [1.29, 1.82) is 0 Å². The number of rotatable bonds is 6. The topological polar surface area (TPSA) is 46.6 Å². The van der Waals surface area contributed by atoms with E-state index in [2.05, 4.69) is 4.74 Å². The number of amides is 1. The van der Waals surface area contributed by atoms with Crippen LogP contribution in [0.2, 0.25) is 0 Å². The highest BCUT2D eigenvalue weighted by Gasteiger charge is 2.53. The second-order valence-electron chi connectivity index (χ2n) is 3.89. The highest BCUT2D eigenvalue weighted by atomic mass is 19.3. The van der Waals surface area contributed by atoms with Gasteiger partial charge in [0.2, 0.25) is 0 Å². The van der Waals surface area contributed by atoms with E-state index < -0.39 is 36.8 Å². The van der Waals surface area contributed by atoms with Crippen molar-refractivity contribution >= 4 is 11.9 Å². The summed E-state index contributed by atoms with van der Waals surface area (Å²) in [4.78, 5) is 22.9. The summed E-state index contributed by atoms with van der Waals surface area (Å²) in [7, 11) is 0. The molecule has 0 spiro atoms. The zero-order valence-electron chi connectivity index (χ0n) is 9.67. The quantitative estimate of drug-likeness (QED) is 0.542. The molecule has 1 rings (SSSR count). The van der Waals surface area contributed by atoms with E-state index >= 15 is 0 Å². The fourth-order valence-electron chi connectivity index (χ4n) is 1.38. The summed E-state index contributed by atoms with van der Waals surface area (Å²) in [6, 6.07) is -0.577. The van der Waals surface area contributed by atoms with Crippen LogP contribution in [-0.4, -0.2) is 48.3 Å². The van der Waals surface area contributed by atoms with Gasteiger partial charge in [-0.05, 0) is 19.8 Å². The Hall–Kier alpha value is -1.34. The molecule has 104 valence electrons. The number of hydrogen-bond donors (Lipinski definition) is 0. The molecule has 0 aromatic carbocycles. The molecule has 1 saturated carbocycles. The summed E-state index contributed by atoms with van der Waals surface area (Å²) in [5, 5.41) is 0. The van der Waals surface area contributed by atoms with Crippen molar-refractivity contribution in [3.8, 4) is 0 Å². The van der Waals surface area contributed by atoms with Gasteiger partial charge in [-0.15, -0.1) is 0 Å². The standard InChI is InChI=1S/C10H13F4NO3/c1-2-18-7(16)5-15(6-3-4-6)9(17)10(13,14)8(11)12/h6,8H,2-5H2,1H3. The molecule has 1 aliphatic carbocycles. The maximum absolute atomic E-state index is 12.9. The zero-order valence-corrected chi connectivity index (χ0v) is 9.67. The predicted octanol–water partition coefficient (Wildman–Crippen LogP) is 1.44. The zero-order chi connectivity index (χ0) is 13.9. The molecule has 0 aromatic heterocycles. The second-order valence-corrected chi connectivity index (χ2v) is 3.89. The summed E-state index contributed by atoms with van der Waals surface area (Å²) in [5.41, 5.74) is 0. The molecule has 0 saturated heterocycles. The summed E-state index contributed by atoms with van der Waals surface area (Å²) in [5.74, 6) is -7.68. The summed E-state index contributed by atoms with van der Waals surface area (Å²) < 4.78 is 54.5. The first-order valence-electron chi connectivity index (χ1n) is 5.43. The fourth-order valence-corrected chi connectivity index (χ4v) is 1.38. The molecule has 1 amide bonds. The molecular weight excluding hydrogens is 258 g/mol. The largest absolute Gasteiger partial charge is 0.465 e. The third-order valence-corrected chi connectivity index (χ3v) is 2.41. The molecule has 18 heavy (non-hydrogen) atoms. The molecule has 0 atom stereocenters. The van der Waals surface area contributed by atoms with Crippen LogP contribution in [0.3, 0.4) is 0 Å². The van der Waals surface area contributed by atoms with Gasteiger partial charge in [-0.3, -0.25) is 9.59 Å². The third kappa shape index (κ3) is 3.33. The van der Waals surface area contributed by atoms with Crippen LogP contribution in [0.4, 0.5) is 17.6 Å². The van der Waals surface area contributed by atoms with Crippen molar-refractivity contribution in [3.63, 3.8) is 0 Å². The fraction of sp³-hybridized carbons (Fsp3) is 0.800. The van der Waals surface area contributed by atoms with Gasteiger partial charge >= 0.3 is 18.3 Å². The number of ether oxygens (including phenoxy) is 1. The van der Waals surface area contributed by atoms with Crippen LogP contribution in [0.5, 0.6) is 0 Å². The predicted molar refractivity (Wildman–Crippen MR) is 52.3 cm³/mol. The molecule has 0 heterocycles. The minimum atomic E-state index is -4.77. The van der Waals surface area contributed by atoms with Crippen LogP contribution in [0.25, 0.3) is 0 Å². The Kier molecular flexibility index (Phi) is 4.53. The summed E-state index contributed by atoms with van der Waals surface area (Å²) in [6.07, 6.45) is -3.25. The Morgan fingerprint density at radius 3 is 2.33 bits per heavy atom. The van der Waals surface area contributed by atoms with Crippen molar-refractivity contribution in [2.24, 2.45) is 0 Å². The molecule has 1 aliphatic rings. The lowest BCUT2D eigenvalue weighted by atomic mass is 10.3. The van der Waals surface area contributed by atoms with Gasteiger partial charge in [0.05, 0.1) is 6.61 Å². The Morgan fingerprint density at radius 1 is 1.39 bits per heavy atom. The van der Waals surface area contributed by atoms with E-state index in [-0.39, 0.29) is 6.61 Å².